The van der Waals surface area contributed by atoms with Gasteiger partial charge in [-0.3, -0.25) is 4.79 Å². The number of esters is 1. The van der Waals surface area contributed by atoms with E-state index in [1.807, 2.05) is 0 Å². The van der Waals surface area contributed by atoms with Gasteiger partial charge in [0.15, 0.2) is 0 Å². The van der Waals surface area contributed by atoms with Gasteiger partial charge in [-0.05, 0) is 31.8 Å². The van der Waals surface area contributed by atoms with Gasteiger partial charge in [0.05, 0.1) is 6.61 Å². The van der Waals surface area contributed by atoms with E-state index in [1.165, 1.54) is 0 Å². The Kier molecular flexibility index (Phi) is 6.08. The molecular formula is C9H11NaO4. The van der Waals surface area contributed by atoms with E-state index in [9.17, 15) is 14.7 Å². The molecule has 0 N–H and O–H groups in total. The molecule has 5 heteroatoms. The largest absolute Gasteiger partial charge is 1.00 e. The van der Waals surface area contributed by atoms with Crippen molar-refractivity contribution in [2.24, 2.45) is 0 Å². The van der Waals surface area contributed by atoms with Crippen LogP contribution in [0, 0.1) is 0 Å². The van der Waals surface area contributed by atoms with Crippen molar-refractivity contribution in [1.82, 2.24) is 0 Å². The number of carbonyl (C=O) groups is 2. The van der Waals surface area contributed by atoms with Gasteiger partial charge in [-0.2, -0.15) is 0 Å². The van der Waals surface area contributed by atoms with Gasteiger partial charge in [-0.25, -0.2) is 4.79 Å². The first kappa shape index (κ1) is 13.7. The van der Waals surface area contributed by atoms with E-state index < -0.39 is 11.8 Å². The fourth-order valence-electron chi connectivity index (χ4n) is 1.28. The molecule has 0 aromatic carbocycles. The molecule has 0 saturated carbocycles. The Morgan fingerprint density at radius 1 is 1.43 bits per heavy atom. The quantitative estimate of drug-likeness (QED) is 0.279. The van der Waals surface area contributed by atoms with E-state index in [4.69, 9.17) is 0 Å². The molecule has 0 heterocycles. The van der Waals surface area contributed by atoms with Crippen molar-refractivity contribution in [1.29, 1.82) is 0 Å². The maximum Gasteiger partial charge on any atom is 1.00 e. The molecule has 0 aliphatic heterocycles. The molecular weight excluding hydrogens is 195 g/mol. The van der Waals surface area contributed by atoms with Crippen LogP contribution in [0.15, 0.2) is 11.3 Å². The van der Waals surface area contributed by atoms with E-state index in [1.54, 1.807) is 6.92 Å². The van der Waals surface area contributed by atoms with Crippen molar-refractivity contribution in [3.63, 3.8) is 0 Å². The molecule has 0 aromatic rings. The average molecular weight is 206 g/mol. The van der Waals surface area contributed by atoms with Crippen LogP contribution >= 0.6 is 0 Å². The standard InChI is InChI=1S/C9H12O4.Na/c1-2-13-9(12)8(11)6-4-3-5-7(6)10;/h10H,2-5H2,1H3;/q;+1/p-1. The predicted octanol–water partition coefficient (Wildman–Crippen LogP) is -3.08. The number of ketones is 1. The first-order valence-electron chi connectivity index (χ1n) is 4.27. The van der Waals surface area contributed by atoms with Crippen LogP contribution in [0.1, 0.15) is 26.2 Å². The van der Waals surface area contributed by atoms with Gasteiger partial charge in [0, 0.05) is 0 Å². The minimum atomic E-state index is -0.909. The molecule has 0 atom stereocenters. The molecule has 0 radical (unpaired) electrons. The Morgan fingerprint density at radius 3 is 2.50 bits per heavy atom. The van der Waals surface area contributed by atoms with E-state index in [-0.39, 0.29) is 47.5 Å². The fourth-order valence-corrected chi connectivity index (χ4v) is 1.28. The van der Waals surface area contributed by atoms with Gasteiger partial charge in [-0.1, -0.05) is 0 Å². The summed E-state index contributed by atoms with van der Waals surface area (Å²) in [4.78, 5) is 22.1. The second-order valence-corrected chi connectivity index (χ2v) is 2.80. The monoisotopic (exact) mass is 206 g/mol. The first-order valence-corrected chi connectivity index (χ1v) is 4.27. The van der Waals surface area contributed by atoms with Crippen molar-refractivity contribution in [3.8, 4) is 0 Å². The predicted molar refractivity (Wildman–Crippen MR) is 42.5 cm³/mol. The second-order valence-electron chi connectivity index (χ2n) is 2.80. The Bertz CT molecular complexity index is 270. The van der Waals surface area contributed by atoms with Crippen LogP contribution in [0.3, 0.4) is 0 Å². The molecule has 4 nitrogen and oxygen atoms in total. The average Bonchev–Trinajstić information content (AvgIpc) is 2.50. The topological polar surface area (TPSA) is 66.4 Å². The fraction of sp³-hybridized carbons (Fsp3) is 0.556. The third kappa shape index (κ3) is 3.12. The van der Waals surface area contributed by atoms with E-state index >= 15 is 0 Å². The normalized spacial score (nSPS) is 14.9. The molecule has 0 aromatic heterocycles. The van der Waals surface area contributed by atoms with E-state index in [0.717, 1.165) is 0 Å². The van der Waals surface area contributed by atoms with Gasteiger partial charge in [0.2, 0.25) is 0 Å². The zero-order chi connectivity index (χ0) is 9.84. The maximum absolute atomic E-state index is 11.2. The van der Waals surface area contributed by atoms with Crippen LogP contribution in [0.5, 0.6) is 0 Å². The molecule has 0 spiro atoms. The van der Waals surface area contributed by atoms with Crippen molar-refractivity contribution in [2.45, 2.75) is 26.2 Å². The maximum atomic E-state index is 11.2. The molecule has 1 aliphatic rings. The molecule has 0 amide bonds. The molecule has 0 saturated heterocycles. The van der Waals surface area contributed by atoms with Crippen LogP contribution in [-0.4, -0.2) is 18.4 Å². The Labute approximate surface area is 105 Å². The number of Topliss-reactive ketones (excluding diaryl/α,β-unsaturated/α-hetero) is 1. The summed E-state index contributed by atoms with van der Waals surface area (Å²) in [6, 6.07) is 0. The SMILES string of the molecule is CCOC(=O)C(=O)C1=C([O-])CCC1.[Na+]. The number of rotatable bonds is 3. The smallest absolute Gasteiger partial charge is 0.875 e. The zero-order valence-corrected chi connectivity index (χ0v) is 10.5. The van der Waals surface area contributed by atoms with Gasteiger partial charge >= 0.3 is 35.5 Å². The summed E-state index contributed by atoms with van der Waals surface area (Å²) in [6.07, 6.45) is 1.45. The number of ether oxygens (including phenoxy) is 1. The summed E-state index contributed by atoms with van der Waals surface area (Å²) < 4.78 is 4.50. The third-order valence-electron chi connectivity index (χ3n) is 1.90. The minimum absolute atomic E-state index is 0. The second kappa shape index (κ2) is 6.22. The number of hydrogen-bond acceptors (Lipinski definition) is 4. The molecule has 0 bridgehead atoms. The zero-order valence-electron chi connectivity index (χ0n) is 8.46. The number of hydrogen-bond donors (Lipinski definition) is 0. The Morgan fingerprint density at radius 2 is 2.07 bits per heavy atom. The minimum Gasteiger partial charge on any atom is -0.875 e. The Balaban J connectivity index is 0.00000169. The van der Waals surface area contributed by atoms with Gasteiger partial charge < -0.3 is 9.84 Å². The van der Waals surface area contributed by atoms with Crippen LogP contribution in [-0.2, 0) is 14.3 Å². The summed E-state index contributed by atoms with van der Waals surface area (Å²) in [5, 5.41) is 11.1. The Hall–Kier alpha value is -0.320. The summed E-state index contributed by atoms with van der Waals surface area (Å²) in [5.74, 6) is -1.88. The van der Waals surface area contributed by atoms with Crippen LogP contribution < -0.4 is 34.7 Å². The van der Waals surface area contributed by atoms with Crippen LogP contribution in [0.25, 0.3) is 0 Å². The van der Waals surface area contributed by atoms with E-state index in [2.05, 4.69) is 4.74 Å². The van der Waals surface area contributed by atoms with Crippen molar-refractivity contribution >= 4 is 11.8 Å². The summed E-state index contributed by atoms with van der Waals surface area (Å²) >= 11 is 0. The van der Waals surface area contributed by atoms with E-state index in [0.29, 0.717) is 19.3 Å². The van der Waals surface area contributed by atoms with Gasteiger partial charge in [0.1, 0.15) is 0 Å². The van der Waals surface area contributed by atoms with Crippen molar-refractivity contribution in [3.05, 3.63) is 11.3 Å². The van der Waals surface area contributed by atoms with Crippen molar-refractivity contribution in [2.75, 3.05) is 6.61 Å². The van der Waals surface area contributed by atoms with Gasteiger partial charge in [-0.15, -0.1) is 5.76 Å². The molecule has 14 heavy (non-hydrogen) atoms. The first-order chi connectivity index (χ1) is 6.16. The number of carbonyl (C=O) groups excluding carboxylic acids is 2. The molecule has 1 rings (SSSR count). The summed E-state index contributed by atoms with van der Waals surface area (Å²) in [7, 11) is 0. The summed E-state index contributed by atoms with van der Waals surface area (Å²) in [5.41, 5.74) is 0.110. The molecule has 0 fully saturated rings. The molecule has 72 valence electrons. The summed E-state index contributed by atoms with van der Waals surface area (Å²) in [6.45, 7) is 1.78. The third-order valence-corrected chi connectivity index (χ3v) is 1.90. The van der Waals surface area contributed by atoms with Crippen LogP contribution in [0.4, 0.5) is 0 Å². The molecule has 1 aliphatic carbocycles. The molecule has 0 unspecified atom stereocenters. The number of allylic oxidation sites excluding steroid dienone is 1. The van der Waals surface area contributed by atoms with Crippen molar-refractivity contribution < 1.29 is 49.0 Å². The van der Waals surface area contributed by atoms with Crippen LogP contribution in [0.2, 0.25) is 0 Å². The van der Waals surface area contributed by atoms with Gasteiger partial charge in [0.25, 0.3) is 5.78 Å².